The van der Waals surface area contributed by atoms with E-state index in [2.05, 4.69) is 25.2 Å². The number of nitrogens with zero attached hydrogens (tertiary/aromatic N) is 5. The van der Waals surface area contributed by atoms with Crippen molar-refractivity contribution in [2.75, 3.05) is 18.0 Å². The average molecular weight is 368 g/mol. The number of hydrogen-bond acceptors (Lipinski definition) is 5. The van der Waals surface area contributed by atoms with Crippen LogP contribution in [0.2, 0.25) is 0 Å². The van der Waals surface area contributed by atoms with Crippen LogP contribution in [0, 0.1) is 12.8 Å². The van der Waals surface area contributed by atoms with Crippen LogP contribution in [0.15, 0.2) is 24.8 Å². The van der Waals surface area contributed by atoms with Gasteiger partial charge < -0.3 is 10.2 Å². The zero-order chi connectivity index (χ0) is 18.6. The number of piperidine rings is 1. The van der Waals surface area contributed by atoms with Crippen molar-refractivity contribution in [2.45, 2.75) is 57.9 Å². The van der Waals surface area contributed by atoms with E-state index in [0.717, 1.165) is 56.2 Å². The first-order valence-corrected chi connectivity index (χ1v) is 10.1. The molecule has 2 aromatic heterocycles. The molecule has 0 atom stereocenters. The Balaban J connectivity index is 1.35. The molecule has 7 nitrogen and oxygen atoms in total. The maximum atomic E-state index is 12.6. The summed E-state index contributed by atoms with van der Waals surface area (Å²) in [5.41, 5.74) is 0. The minimum Gasteiger partial charge on any atom is -0.356 e. The molecule has 2 aromatic rings. The second-order valence-electron chi connectivity index (χ2n) is 7.68. The number of nitrogens with one attached hydrogen (secondary N) is 1. The van der Waals surface area contributed by atoms with Crippen molar-refractivity contribution < 1.29 is 4.79 Å². The summed E-state index contributed by atoms with van der Waals surface area (Å²) in [5.74, 6) is 3.02. The highest BCUT2D eigenvalue weighted by atomic mass is 16.1. The van der Waals surface area contributed by atoms with Gasteiger partial charge in [-0.2, -0.15) is 0 Å². The highest BCUT2D eigenvalue weighted by molar-refractivity contribution is 5.79. The molecule has 1 saturated heterocycles. The number of imidazole rings is 1. The number of anilines is 1. The minimum atomic E-state index is 0.125. The fraction of sp³-hybridized carbons (Fsp3) is 0.600. The maximum Gasteiger partial charge on any atom is 0.223 e. The normalized spacial score (nSPS) is 19.2. The van der Waals surface area contributed by atoms with E-state index in [4.69, 9.17) is 0 Å². The lowest BCUT2D eigenvalue weighted by atomic mass is 9.92. The van der Waals surface area contributed by atoms with Crippen LogP contribution >= 0.6 is 0 Å². The van der Waals surface area contributed by atoms with Crippen molar-refractivity contribution in [3.8, 4) is 5.82 Å². The highest BCUT2D eigenvalue weighted by Gasteiger charge is 2.27. The van der Waals surface area contributed by atoms with E-state index in [1.54, 1.807) is 12.5 Å². The van der Waals surface area contributed by atoms with Crippen LogP contribution in [0.3, 0.4) is 0 Å². The molecule has 1 amide bonds. The van der Waals surface area contributed by atoms with Gasteiger partial charge in [-0.25, -0.2) is 15.0 Å². The van der Waals surface area contributed by atoms with E-state index in [9.17, 15) is 4.79 Å². The van der Waals surface area contributed by atoms with E-state index in [1.165, 1.54) is 19.3 Å². The predicted molar refractivity (Wildman–Crippen MR) is 104 cm³/mol. The van der Waals surface area contributed by atoms with Gasteiger partial charge in [0.05, 0.1) is 0 Å². The lowest BCUT2D eigenvalue weighted by Gasteiger charge is -2.33. The van der Waals surface area contributed by atoms with Crippen molar-refractivity contribution in [3.05, 3.63) is 30.6 Å². The summed E-state index contributed by atoms with van der Waals surface area (Å²) in [7, 11) is 0. The second kappa shape index (κ2) is 8.06. The van der Waals surface area contributed by atoms with Crippen molar-refractivity contribution in [3.63, 3.8) is 0 Å². The lowest BCUT2D eigenvalue weighted by molar-refractivity contribution is -0.126. The molecular weight excluding hydrogens is 340 g/mol. The maximum absolute atomic E-state index is 12.6. The number of rotatable bonds is 4. The van der Waals surface area contributed by atoms with Gasteiger partial charge in [0.1, 0.15) is 23.8 Å². The van der Waals surface area contributed by atoms with Crippen molar-refractivity contribution in [1.29, 1.82) is 0 Å². The molecule has 144 valence electrons. The molecule has 1 saturated carbocycles. The number of hydrogen-bond donors (Lipinski definition) is 1. The van der Waals surface area contributed by atoms with Gasteiger partial charge in [-0.05, 0) is 32.6 Å². The first kappa shape index (κ1) is 17.9. The van der Waals surface area contributed by atoms with Crippen molar-refractivity contribution in [1.82, 2.24) is 24.8 Å². The van der Waals surface area contributed by atoms with Crippen LogP contribution in [-0.2, 0) is 4.79 Å². The molecule has 0 unspecified atom stereocenters. The Bertz CT molecular complexity index is 774. The highest BCUT2D eigenvalue weighted by Crippen LogP contribution is 2.24. The van der Waals surface area contributed by atoms with E-state index in [-0.39, 0.29) is 11.8 Å². The van der Waals surface area contributed by atoms with Crippen LogP contribution in [0.5, 0.6) is 0 Å². The Morgan fingerprint density at radius 1 is 1.04 bits per heavy atom. The molecule has 1 aliphatic heterocycles. The predicted octanol–water partition coefficient (Wildman–Crippen LogP) is 2.64. The summed E-state index contributed by atoms with van der Waals surface area (Å²) in [6.45, 7) is 3.66. The van der Waals surface area contributed by atoms with Crippen molar-refractivity contribution >= 4 is 11.7 Å². The molecule has 27 heavy (non-hydrogen) atoms. The number of amides is 1. The van der Waals surface area contributed by atoms with Gasteiger partial charge in [0.25, 0.3) is 0 Å². The Kier molecular flexibility index (Phi) is 5.36. The summed E-state index contributed by atoms with van der Waals surface area (Å²) >= 11 is 0. The Hall–Kier alpha value is -2.44. The van der Waals surface area contributed by atoms with E-state index < -0.39 is 0 Å². The fourth-order valence-electron chi connectivity index (χ4n) is 4.20. The molecule has 3 heterocycles. The quantitative estimate of drug-likeness (QED) is 0.898. The Morgan fingerprint density at radius 3 is 2.48 bits per heavy atom. The first-order valence-electron chi connectivity index (χ1n) is 10.1. The fourth-order valence-corrected chi connectivity index (χ4v) is 4.20. The molecule has 0 spiro atoms. The molecule has 2 aliphatic rings. The van der Waals surface area contributed by atoms with Crippen molar-refractivity contribution in [2.24, 2.45) is 5.92 Å². The van der Waals surface area contributed by atoms with Gasteiger partial charge in [0.15, 0.2) is 0 Å². The van der Waals surface area contributed by atoms with Crippen LogP contribution in [0.4, 0.5) is 5.82 Å². The van der Waals surface area contributed by atoms with Gasteiger partial charge in [-0.1, -0.05) is 19.3 Å². The molecule has 0 radical (unpaired) electrons. The largest absolute Gasteiger partial charge is 0.356 e. The summed E-state index contributed by atoms with van der Waals surface area (Å²) in [5, 5.41) is 3.28. The van der Waals surface area contributed by atoms with E-state index >= 15 is 0 Å². The number of aryl methyl sites for hydroxylation is 1. The topological polar surface area (TPSA) is 75.9 Å². The van der Waals surface area contributed by atoms with E-state index in [0.29, 0.717) is 6.04 Å². The van der Waals surface area contributed by atoms with Gasteiger partial charge in [0.2, 0.25) is 5.91 Å². The number of carbonyl (C=O) groups is 1. The summed E-state index contributed by atoms with van der Waals surface area (Å²) < 4.78 is 1.95. The molecule has 0 bridgehead atoms. The first-order chi connectivity index (χ1) is 13.2. The number of aromatic nitrogens is 4. The van der Waals surface area contributed by atoms with Crippen LogP contribution in [0.25, 0.3) is 5.82 Å². The molecule has 2 fully saturated rings. The molecular formula is C20H28N6O. The average Bonchev–Trinajstić information content (AvgIpc) is 3.15. The Morgan fingerprint density at radius 2 is 1.78 bits per heavy atom. The zero-order valence-electron chi connectivity index (χ0n) is 16.0. The molecule has 4 rings (SSSR count). The third-order valence-corrected chi connectivity index (χ3v) is 5.85. The molecule has 7 heteroatoms. The third kappa shape index (κ3) is 4.12. The minimum absolute atomic E-state index is 0.125. The van der Waals surface area contributed by atoms with Crippen LogP contribution < -0.4 is 10.2 Å². The Labute approximate surface area is 160 Å². The van der Waals surface area contributed by atoms with Gasteiger partial charge in [-0.15, -0.1) is 0 Å². The lowest BCUT2D eigenvalue weighted by Crippen LogP contribution is -2.44. The SMILES string of the molecule is Cc1nccn1-c1cc(N2CCC(C(=O)NC3CCCCC3)CC2)ncn1. The van der Waals surface area contributed by atoms with Crippen LogP contribution in [0.1, 0.15) is 50.8 Å². The summed E-state index contributed by atoms with van der Waals surface area (Å²) in [4.78, 5) is 27.9. The van der Waals surface area contributed by atoms with Gasteiger partial charge >= 0.3 is 0 Å². The molecule has 1 aliphatic carbocycles. The second-order valence-corrected chi connectivity index (χ2v) is 7.68. The van der Waals surface area contributed by atoms with Gasteiger partial charge in [0, 0.05) is 43.5 Å². The third-order valence-electron chi connectivity index (χ3n) is 5.85. The summed E-state index contributed by atoms with van der Waals surface area (Å²) in [6, 6.07) is 2.39. The summed E-state index contributed by atoms with van der Waals surface area (Å²) in [6.07, 6.45) is 13.1. The standard InChI is InChI=1S/C20H28N6O/c1-15-21-9-12-26(15)19-13-18(22-14-23-19)25-10-7-16(8-11-25)20(27)24-17-5-3-2-4-6-17/h9,12-14,16-17H,2-8,10-11H2,1H3,(H,24,27). The zero-order valence-corrected chi connectivity index (χ0v) is 16.0. The van der Waals surface area contributed by atoms with Crippen LogP contribution in [-0.4, -0.2) is 44.6 Å². The molecule has 1 N–H and O–H groups in total. The van der Waals surface area contributed by atoms with Gasteiger partial charge in [-0.3, -0.25) is 9.36 Å². The monoisotopic (exact) mass is 368 g/mol. The number of carbonyl (C=O) groups excluding carboxylic acids is 1. The smallest absolute Gasteiger partial charge is 0.223 e. The van der Waals surface area contributed by atoms with E-state index in [1.807, 2.05) is 23.8 Å². The molecule has 0 aromatic carbocycles.